The molecule has 7 aromatic carbocycles. The van der Waals surface area contributed by atoms with Crippen LogP contribution in [0.15, 0.2) is 188 Å². The van der Waals surface area contributed by atoms with E-state index in [1.807, 2.05) is 54.6 Å². The SMILES string of the molecule is c1ccc(-c2nc3ccccc3nc2-c2cccc(-c3cccc(-c4nc(-c5ccccc5)c5c6ccccc6n(-c6ccccc6)c5n4)c3)c2)cc1. The van der Waals surface area contributed by atoms with Crippen molar-refractivity contribution in [1.82, 2.24) is 24.5 Å². The number of aromatic nitrogens is 5. The van der Waals surface area contributed by atoms with Gasteiger partial charge < -0.3 is 0 Å². The minimum absolute atomic E-state index is 0.668. The molecule has 5 nitrogen and oxygen atoms in total. The first kappa shape index (κ1) is 30.6. The van der Waals surface area contributed by atoms with Crippen LogP contribution in [0.5, 0.6) is 0 Å². The van der Waals surface area contributed by atoms with E-state index in [9.17, 15) is 0 Å². The quantitative estimate of drug-likeness (QED) is 0.176. The third-order valence-electron chi connectivity index (χ3n) is 9.79. The Morgan fingerprint density at radius 2 is 0.830 bits per heavy atom. The summed E-state index contributed by atoms with van der Waals surface area (Å²) in [5, 5.41) is 2.16. The summed E-state index contributed by atoms with van der Waals surface area (Å²) < 4.78 is 2.25. The van der Waals surface area contributed by atoms with Crippen LogP contribution in [0.3, 0.4) is 0 Å². The Kier molecular flexibility index (Phi) is 7.40. The molecule has 0 bridgehead atoms. The summed E-state index contributed by atoms with van der Waals surface area (Å²) in [6.07, 6.45) is 0. The molecule has 3 heterocycles. The van der Waals surface area contributed by atoms with E-state index in [1.54, 1.807) is 0 Å². The van der Waals surface area contributed by atoms with E-state index in [4.69, 9.17) is 19.9 Å². The second kappa shape index (κ2) is 12.8. The van der Waals surface area contributed by atoms with Crippen molar-refractivity contribution in [3.05, 3.63) is 188 Å². The van der Waals surface area contributed by atoms with E-state index in [0.717, 1.165) is 89.1 Å². The van der Waals surface area contributed by atoms with Crippen molar-refractivity contribution in [3.8, 4) is 62.0 Å². The van der Waals surface area contributed by atoms with Crippen LogP contribution in [0, 0.1) is 0 Å². The molecule has 0 aliphatic rings. The Morgan fingerprint density at radius 3 is 1.51 bits per heavy atom. The van der Waals surface area contributed by atoms with E-state index >= 15 is 0 Å². The molecule has 3 aromatic heterocycles. The zero-order valence-electron chi connectivity index (χ0n) is 28.6. The second-order valence-electron chi connectivity index (χ2n) is 13.1. The highest BCUT2D eigenvalue weighted by molar-refractivity contribution is 6.14. The number of rotatable bonds is 6. The highest BCUT2D eigenvalue weighted by atomic mass is 15.1. The maximum absolute atomic E-state index is 5.35. The molecule has 0 spiro atoms. The Morgan fingerprint density at radius 1 is 0.340 bits per heavy atom. The van der Waals surface area contributed by atoms with Crippen LogP contribution in [0.2, 0.25) is 0 Å². The Balaban J connectivity index is 1.15. The molecule has 0 radical (unpaired) electrons. The summed E-state index contributed by atoms with van der Waals surface area (Å²) in [6.45, 7) is 0. The molecule has 0 atom stereocenters. The molecule has 10 rings (SSSR count). The standard InChI is InChI=1S/C48H31N5/c1-4-16-32(17-5-1)44-43-39-26-10-13-29-42(39)53(38-24-8-3-9-25-38)48(43)52-47(51-44)37-23-15-21-35(31-37)34-20-14-22-36(30-34)46-45(33-18-6-2-7-19-33)49-40-27-11-12-28-41(40)50-46/h1-31H. The molecule has 0 aliphatic carbocycles. The van der Waals surface area contributed by atoms with Crippen molar-refractivity contribution in [2.75, 3.05) is 0 Å². The number of fused-ring (bicyclic) bond motifs is 4. The fourth-order valence-electron chi connectivity index (χ4n) is 7.31. The maximum atomic E-state index is 5.35. The van der Waals surface area contributed by atoms with Crippen LogP contribution in [0.25, 0.3) is 94.9 Å². The molecule has 10 aromatic rings. The molecule has 0 fully saturated rings. The van der Waals surface area contributed by atoms with E-state index < -0.39 is 0 Å². The van der Waals surface area contributed by atoms with Crippen LogP contribution in [-0.2, 0) is 0 Å². The number of benzene rings is 7. The first-order valence-corrected chi connectivity index (χ1v) is 17.7. The summed E-state index contributed by atoms with van der Waals surface area (Å²) in [7, 11) is 0. The van der Waals surface area contributed by atoms with E-state index in [0.29, 0.717) is 5.82 Å². The lowest BCUT2D eigenvalue weighted by Gasteiger charge is -2.13. The van der Waals surface area contributed by atoms with Gasteiger partial charge in [0.05, 0.1) is 39.0 Å². The first-order valence-electron chi connectivity index (χ1n) is 17.7. The molecule has 0 aliphatic heterocycles. The molecule has 248 valence electrons. The monoisotopic (exact) mass is 677 g/mol. The zero-order valence-corrected chi connectivity index (χ0v) is 28.6. The molecule has 0 saturated heterocycles. The van der Waals surface area contributed by atoms with Gasteiger partial charge in [-0.1, -0.05) is 146 Å². The highest BCUT2D eigenvalue weighted by Crippen LogP contribution is 2.39. The molecule has 0 amide bonds. The van der Waals surface area contributed by atoms with Gasteiger partial charge in [0, 0.05) is 33.3 Å². The summed E-state index contributed by atoms with van der Waals surface area (Å²) in [5.41, 5.74) is 13.5. The molecule has 0 unspecified atom stereocenters. The van der Waals surface area contributed by atoms with Crippen LogP contribution >= 0.6 is 0 Å². The zero-order chi connectivity index (χ0) is 35.1. The van der Waals surface area contributed by atoms with Gasteiger partial charge in [0.1, 0.15) is 5.65 Å². The Hall–Kier alpha value is -7.24. The summed E-state index contributed by atoms with van der Waals surface area (Å²) in [5.74, 6) is 0.668. The molecule has 53 heavy (non-hydrogen) atoms. The van der Waals surface area contributed by atoms with Crippen molar-refractivity contribution >= 4 is 33.0 Å². The van der Waals surface area contributed by atoms with Gasteiger partial charge in [0.2, 0.25) is 0 Å². The molecule has 0 saturated carbocycles. The van der Waals surface area contributed by atoms with Gasteiger partial charge in [-0.15, -0.1) is 0 Å². The summed E-state index contributed by atoms with van der Waals surface area (Å²) in [4.78, 5) is 20.9. The summed E-state index contributed by atoms with van der Waals surface area (Å²) >= 11 is 0. The average Bonchev–Trinajstić information content (AvgIpc) is 3.58. The van der Waals surface area contributed by atoms with Gasteiger partial charge in [0.25, 0.3) is 0 Å². The molecule has 5 heteroatoms. The second-order valence-corrected chi connectivity index (χ2v) is 13.1. The van der Waals surface area contributed by atoms with E-state index in [-0.39, 0.29) is 0 Å². The Bertz CT molecular complexity index is 2940. The van der Waals surface area contributed by atoms with Gasteiger partial charge in [-0.25, -0.2) is 19.9 Å². The Labute approximate surface area is 306 Å². The lowest BCUT2D eigenvalue weighted by Crippen LogP contribution is -1.99. The smallest absolute Gasteiger partial charge is 0.162 e. The lowest BCUT2D eigenvalue weighted by atomic mass is 9.97. The van der Waals surface area contributed by atoms with E-state index in [2.05, 4.69) is 138 Å². The van der Waals surface area contributed by atoms with Crippen molar-refractivity contribution in [2.24, 2.45) is 0 Å². The fourth-order valence-corrected chi connectivity index (χ4v) is 7.31. The third-order valence-corrected chi connectivity index (χ3v) is 9.79. The van der Waals surface area contributed by atoms with Crippen LogP contribution in [-0.4, -0.2) is 24.5 Å². The normalized spacial score (nSPS) is 11.4. The van der Waals surface area contributed by atoms with Gasteiger partial charge >= 0.3 is 0 Å². The van der Waals surface area contributed by atoms with Gasteiger partial charge in [0.15, 0.2) is 5.82 Å². The predicted octanol–water partition coefficient (Wildman–Crippen LogP) is 11.9. The fraction of sp³-hybridized carbons (Fsp3) is 0. The van der Waals surface area contributed by atoms with Gasteiger partial charge in [-0.3, -0.25) is 4.57 Å². The van der Waals surface area contributed by atoms with E-state index in [1.165, 1.54) is 0 Å². The molecule has 0 N–H and O–H groups in total. The third kappa shape index (κ3) is 5.43. The largest absolute Gasteiger partial charge is 0.294 e. The van der Waals surface area contributed by atoms with Crippen molar-refractivity contribution in [1.29, 1.82) is 0 Å². The lowest BCUT2D eigenvalue weighted by molar-refractivity contribution is 1.11. The topological polar surface area (TPSA) is 56.5 Å². The highest BCUT2D eigenvalue weighted by Gasteiger charge is 2.21. The van der Waals surface area contributed by atoms with Crippen molar-refractivity contribution in [2.45, 2.75) is 0 Å². The van der Waals surface area contributed by atoms with Crippen LogP contribution in [0.4, 0.5) is 0 Å². The first-order chi connectivity index (χ1) is 26.3. The van der Waals surface area contributed by atoms with Crippen molar-refractivity contribution in [3.63, 3.8) is 0 Å². The van der Waals surface area contributed by atoms with Gasteiger partial charge in [-0.2, -0.15) is 0 Å². The van der Waals surface area contributed by atoms with Gasteiger partial charge in [-0.05, 0) is 53.6 Å². The van der Waals surface area contributed by atoms with Crippen LogP contribution < -0.4 is 0 Å². The summed E-state index contributed by atoms with van der Waals surface area (Å²) in [6, 6.07) is 64.8. The number of hydrogen-bond acceptors (Lipinski definition) is 4. The number of para-hydroxylation sites is 4. The maximum Gasteiger partial charge on any atom is 0.162 e. The van der Waals surface area contributed by atoms with Crippen LogP contribution in [0.1, 0.15) is 0 Å². The predicted molar refractivity (Wildman–Crippen MR) is 217 cm³/mol. The molecular weight excluding hydrogens is 647 g/mol. The van der Waals surface area contributed by atoms with Crippen molar-refractivity contribution < 1.29 is 0 Å². The number of nitrogens with zero attached hydrogens (tertiary/aromatic N) is 5. The molecular formula is C48H31N5. The number of hydrogen-bond donors (Lipinski definition) is 0. The minimum atomic E-state index is 0.668. The average molecular weight is 678 g/mol. The minimum Gasteiger partial charge on any atom is -0.294 e.